The fraction of sp³-hybridized carbons (Fsp3) is 0.588. The summed E-state index contributed by atoms with van der Waals surface area (Å²) in [4.78, 5) is 11.8. The highest BCUT2D eigenvalue weighted by molar-refractivity contribution is 7.99. The second-order valence-corrected chi connectivity index (χ2v) is 7.18. The lowest BCUT2D eigenvalue weighted by molar-refractivity contribution is -0.147. The Morgan fingerprint density at radius 2 is 2.18 bits per heavy atom. The van der Waals surface area contributed by atoms with Gasteiger partial charge in [-0.3, -0.25) is 4.79 Å². The lowest BCUT2D eigenvalue weighted by atomic mass is 9.64. The molecule has 5 heteroatoms. The predicted octanol–water partition coefficient (Wildman–Crippen LogP) is 3.48. The standard InChI is InChI=1S/C17H22O4S/c1-20-15-13(17(16(18)19)8-4-9-17)6-2-7-14(15)21-12-5-3-10-22-11-12/h2,6-7,12H,3-5,8-11H2,1H3,(H,18,19). The predicted molar refractivity (Wildman–Crippen MR) is 87.1 cm³/mol. The largest absolute Gasteiger partial charge is 0.493 e. The number of thioether (sulfide) groups is 1. The van der Waals surface area contributed by atoms with E-state index in [0.29, 0.717) is 24.3 Å². The highest BCUT2D eigenvalue weighted by Crippen LogP contribution is 2.50. The number of para-hydroxylation sites is 1. The van der Waals surface area contributed by atoms with Crippen LogP contribution < -0.4 is 9.47 Å². The normalized spacial score (nSPS) is 23.4. The highest BCUT2D eigenvalue weighted by Gasteiger charge is 2.48. The minimum absolute atomic E-state index is 0.185. The lowest BCUT2D eigenvalue weighted by Crippen LogP contribution is -2.42. The molecule has 1 aliphatic heterocycles. The molecule has 2 fully saturated rings. The summed E-state index contributed by atoms with van der Waals surface area (Å²) < 4.78 is 11.7. The first-order valence-electron chi connectivity index (χ1n) is 7.82. The smallest absolute Gasteiger partial charge is 0.314 e. The van der Waals surface area contributed by atoms with Gasteiger partial charge >= 0.3 is 5.97 Å². The molecule has 0 spiro atoms. The average Bonchev–Trinajstić information content (AvgIpc) is 2.47. The van der Waals surface area contributed by atoms with Crippen molar-refractivity contribution in [3.05, 3.63) is 23.8 Å². The number of hydrogen-bond acceptors (Lipinski definition) is 4. The summed E-state index contributed by atoms with van der Waals surface area (Å²) >= 11 is 1.91. The summed E-state index contributed by atoms with van der Waals surface area (Å²) in [6, 6.07) is 5.64. The van der Waals surface area contributed by atoms with E-state index in [1.807, 2.05) is 30.0 Å². The van der Waals surface area contributed by atoms with Crippen LogP contribution >= 0.6 is 11.8 Å². The number of carboxylic acids is 1. The molecule has 120 valence electrons. The van der Waals surface area contributed by atoms with Gasteiger partial charge in [-0.2, -0.15) is 11.8 Å². The molecular formula is C17H22O4S. The average molecular weight is 322 g/mol. The Kier molecular flexibility index (Phi) is 4.52. The molecule has 1 atom stereocenters. The van der Waals surface area contributed by atoms with Crippen LogP contribution in [0.5, 0.6) is 11.5 Å². The Morgan fingerprint density at radius 3 is 2.73 bits per heavy atom. The summed E-state index contributed by atoms with van der Waals surface area (Å²) in [7, 11) is 1.59. The number of aliphatic carboxylic acids is 1. The number of rotatable bonds is 5. The molecule has 0 aromatic heterocycles. The molecule has 1 aromatic rings. The van der Waals surface area contributed by atoms with Crippen molar-refractivity contribution in [3.63, 3.8) is 0 Å². The summed E-state index contributed by atoms with van der Waals surface area (Å²) in [5.41, 5.74) is -0.0406. The number of carbonyl (C=O) groups is 1. The zero-order valence-electron chi connectivity index (χ0n) is 12.8. The van der Waals surface area contributed by atoms with Gasteiger partial charge in [-0.05, 0) is 37.5 Å². The topological polar surface area (TPSA) is 55.8 Å². The van der Waals surface area contributed by atoms with Gasteiger partial charge in [0.2, 0.25) is 0 Å². The number of methoxy groups -OCH3 is 1. The van der Waals surface area contributed by atoms with Gasteiger partial charge in [0.1, 0.15) is 6.10 Å². The third-order valence-electron chi connectivity index (χ3n) is 4.73. The minimum Gasteiger partial charge on any atom is -0.493 e. The maximum absolute atomic E-state index is 11.8. The molecule has 1 N–H and O–H groups in total. The van der Waals surface area contributed by atoms with E-state index in [1.165, 1.54) is 5.75 Å². The number of benzene rings is 1. The van der Waals surface area contributed by atoms with Crippen molar-refractivity contribution >= 4 is 17.7 Å². The third kappa shape index (κ3) is 2.67. The quantitative estimate of drug-likeness (QED) is 0.899. The van der Waals surface area contributed by atoms with E-state index < -0.39 is 11.4 Å². The summed E-state index contributed by atoms with van der Waals surface area (Å²) in [5.74, 6) is 2.69. The number of ether oxygens (including phenoxy) is 2. The molecule has 1 saturated carbocycles. The van der Waals surface area contributed by atoms with Gasteiger partial charge in [0.25, 0.3) is 0 Å². The molecule has 1 saturated heterocycles. The molecule has 1 aliphatic carbocycles. The van der Waals surface area contributed by atoms with E-state index in [-0.39, 0.29) is 6.10 Å². The Bertz CT molecular complexity index is 548. The zero-order chi connectivity index (χ0) is 15.6. The third-order valence-corrected chi connectivity index (χ3v) is 5.91. The fourth-order valence-electron chi connectivity index (χ4n) is 3.31. The van der Waals surface area contributed by atoms with Crippen molar-refractivity contribution in [3.8, 4) is 11.5 Å². The van der Waals surface area contributed by atoms with Gasteiger partial charge in [-0.1, -0.05) is 18.6 Å². The SMILES string of the molecule is COc1c(OC2CCCSC2)cccc1C1(C(=O)O)CCC1. The molecule has 0 bridgehead atoms. The van der Waals surface area contributed by atoms with Crippen molar-refractivity contribution in [2.75, 3.05) is 18.6 Å². The Labute approximate surface area is 135 Å². The molecular weight excluding hydrogens is 300 g/mol. The van der Waals surface area contributed by atoms with E-state index in [0.717, 1.165) is 30.6 Å². The lowest BCUT2D eigenvalue weighted by Gasteiger charge is -2.39. The molecule has 1 aromatic carbocycles. The van der Waals surface area contributed by atoms with Crippen LogP contribution in [0, 0.1) is 0 Å². The first-order chi connectivity index (χ1) is 10.7. The van der Waals surface area contributed by atoms with Gasteiger partial charge < -0.3 is 14.6 Å². The second kappa shape index (κ2) is 6.41. The van der Waals surface area contributed by atoms with Crippen LogP contribution in [0.2, 0.25) is 0 Å². The summed E-state index contributed by atoms with van der Waals surface area (Å²) in [6.07, 6.45) is 4.67. The van der Waals surface area contributed by atoms with Crippen molar-refractivity contribution in [1.29, 1.82) is 0 Å². The maximum Gasteiger partial charge on any atom is 0.314 e. The molecule has 22 heavy (non-hydrogen) atoms. The Balaban J connectivity index is 1.91. The van der Waals surface area contributed by atoms with Crippen LogP contribution in [0.1, 0.15) is 37.7 Å². The number of hydrogen-bond donors (Lipinski definition) is 1. The van der Waals surface area contributed by atoms with E-state index >= 15 is 0 Å². The molecule has 0 amide bonds. The van der Waals surface area contributed by atoms with Crippen molar-refractivity contribution in [2.45, 2.75) is 43.6 Å². The molecule has 3 rings (SSSR count). The molecule has 4 nitrogen and oxygen atoms in total. The minimum atomic E-state index is -0.800. The van der Waals surface area contributed by atoms with Gasteiger partial charge in [0.05, 0.1) is 12.5 Å². The van der Waals surface area contributed by atoms with Crippen LogP contribution in [0.15, 0.2) is 18.2 Å². The molecule has 1 unspecified atom stereocenters. The van der Waals surface area contributed by atoms with Crippen LogP contribution in [-0.2, 0) is 10.2 Å². The molecule has 0 radical (unpaired) electrons. The van der Waals surface area contributed by atoms with Gasteiger partial charge in [-0.25, -0.2) is 0 Å². The second-order valence-electron chi connectivity index (χ2n) is 6.03. The first kappa shape index (κ1) is 15.5. The Morgan fingerprint density at radius 1 is 1.36 bits per heavy atom. The van der Waals surface area contributed by atoms with E-state index in [2.05, 4.69) is 0 Å². The Hall–Kier alpha value is -1.36. The van der Waals surface area contributed by atoms with Crippen molar-refractivity contribution in [2.24, 2.45) is 0 Å². The molecule has 2 aliphatic rings. The van der Waals surface area contributed by atoms with Crippen LogP contribution in [0.4, 0.5) is 0 Å². The molecule has 1 heterocycles. The summed E-state index contributed by atoms with van der Waals surface area (Å²) in [5, 5.41) is 9.67. The first-order valence-corrected chi connectivity index (χ1v) is 8.98. The van der Waals surface area contributed by atoms with E-state index in [1.54, 1.807) is 7.11 Å². The van der Waals surface area contributed by atoms with Gasteiger partial charge in [-0.15, -0.1) is 0 Å². The monoisotopic (exact) mass is 322 g/mol. The van der Waals surface area contributed by atoms with Gasteiger partial charge in [0, 0.05) is 11.3 Å². The van der Waals surface area contributed by atoms with Crippen molar-refractivity contribution < 1.29 is 19.4 Å². The van der Waals surface area contributed by atoms with E-state index in [9.17, 15) is 9.90 Å². The highest BCUT2D eigenvalue weighted by atomic mass is 32.2. The van der Waals surface area contributed by atoms with Crippen LogP contribution in [0.25, 0.3) is 0 Å². The van der Waals surface area contributed by atoms with Crippen molar-refractivity contribution in [1.82, 2.24) is 0 Å². The number of carboxylic acid groups (broad SMARTS) is 1. The van der Waals surface area contributed by atoms with E-state index in [4.69, 9.17) is 9.47 Å². The zero-order valence-corrected chi connectivity index (χ0v) is 13.7. The van der Waals surface area contributed by atoms with Crippen LogP contribution in [-0.4, -0.2) is 35.8 Å². The maximum atomic E-state index is 11.8. The van der Waals surface area contributed by atoms with Crippen LogP contribution in [0.3, 0.4) is 0 Å². The fourth-order valence-corrected chi connectivity index (χ4v) is 4.34. The van der Waals surface area contributed by atoms with Gasteiger partial charge in [0.15, 0.2) is 11.5 Å². The summed E-state index contributed by atoms with van der Waals surface area (Å²) in [6.45, 7) is 0.